The number of nitrogens with one attached hydrogen (secondary N) is 2. The van der Waals surface area contributed by atoms with E-state index in [0.29, 0.717) is 6.21 Å². The largest absolute Gasteiger partial charge is 0.476 e. The van der Waals surface area contributed by atoms with E-state index in [1.807, 2.05) is 13.8 Å². The van der Waals surface area contributed by atoms with Gasteiger partial charge in [0.05, 0.1) is 6.21 Å². The summed E-state index contributed by atoms with van der Waals surface area (Å²) in [6.45, 7) is 4.00. The Morgan fingerprint density at radius 1 is 1.56 bits per heavy atom. The summed E-state index contributed by atoms with van der Waals surface area (Å²) in [5.74, 6) is -1.37. The lowest BCUT2D eigenvalue weighted by atomic mass is 10.4. The zero-order valence-electron chi connectivity index (χ0n) is 5.43. The SMILES string of the molecule is CC.N=CC(=N)C(=O)O. The molecule has 0 saturated heterocycles. The van der Waals surface area contributed by atoms with Crippen LogP contribution in [0.15, 0.2) is 0 Å². The van der Waals surface area contributed by atoms with Gasteiger partial charge in [-0.05, 0) is 0 Å². The first kappa shape index (κ1) is 10.7. The molecule has 0 aliphatic carbocycles. The standard InChI is InChI=1S/C3H4N2O2.C2H6/c4-1-2(5)3(6)7;1-2/h1,4-5H,(H,6,7);1-2H3. The van der Waals surface area contributed by atoms with Crippen LogP contribution in [0.1, 0.15) is 13.8 Å². The molecule has 52 valence electrons. The van der Waals surface area contributed by atoms with Gasteiger partial charge in [-0.1, -0.05) is 13.8 Å². The molecule has 0 rings (SSSR count). The Morgan fingerprint density at radius 3 is 1.89 bits per heavy atom. The zero-order chi connectivity index (χ0) is 7.86. The molecule has 0 aromatic heterocycles. The molecule has 0 aromatic rings. The molecule has 4 heteroatoms. The average Bonchev–Trinajstić information content (AvgIpc) is 1.91. The van der Waals surface area contributed by atoms with Gasteiger partial charge >= 0.3 is 5.97 Å². The van der Waals surface area contributed by atoms with E-state index < -0.39 is 11.7 Å². The van der Waals surface area contributed by atoms with E-state index >= 15 is 0 Å². The van der Waals surface area contributed by atoms with Gasteiger partial charge in [-0.25, -0.2) is 4.79 Å². The van der Waals surface area contributed by atoms with Gasteiger partial charge in [-0.2, -0.15) is 0 Å². The Kier molecular flexibility index (Phi) is 8.12. The molecule has 3 N–H and O–H groups in total. The predicted molar refractivity (Wildman–Crippen MR) is 35.5 cm³/mol. The molecular formula is C5H10N2O2. The van der Waals surface area contributed by atoms with E-state index in [9.17, 15) is 4.79 Å². The van der Waals surface area contributed by atoms with Crippen molar-refractivity contribution in [2.45, 2.75) is 13.8 Å². The Balaban J connectivity index is 0. The van der Waals surface area contributed by atoms with Crippen LogP contribution in [0.25, 0.3) is 0 Å². The lowest BCUT2D eigenvalue weighted by molar-refractivity contribution is -0.129. The summed E-state index contributed by atoms with van der Waals surface area (Å²) in [4.78, 5) is 9.55. The van der Waals surface area contributed by atoms with Crippen molar-refractivity contribution in [3.63, 3.8) is 0 Å². The highest BCUT2D eigenvalue weighted by Gasteiger charge is 1.98. The van der Waals surface area contributed by atoms with Crippen LogP contribution in [0.2, 0.25) is 0 Å². The summed E-state index contributed by atoms with van der Waals surface area (Å²) >= 11 is 0. The monoisotopic (exact) mass is 130 g/mol. The van der Waals surface area contributed by atoms with Gasteiger partial charge in [0.1, 0.15) is 0 Å². The molecule has 4 nitrogen and oxygen atoms in total. The lowest BCUT2D eigenvalue weighted by Gasteiger charge is -1.79. The lowest BCUT2D eigenvalue weighted by Crippen LogP contribution is -2.11. The smallest absolute Gasteiger partial charge is 0.355 e. The molecule has 0 atom stereocenters. The maximum Gasteiger partial charge on any atom is 0.355 e. The van der Waals surface area contributed by atoms with Crippen LogP contribution < -0.4 is 0 Å². The number of aliphatic carboxylic acids is 1. The van der Waals surface area contributed by atoms with Crippen molar-refractivity contribution in [2.24, 2.45) is 0 Å². The average molecular weight is 130 g/mol. The van der Waals surface area contributed by atoms with Crippen LogP contribution in [-0.2, 0) is 4.79 Å². The number of carboxylic acid groups (broad SMARTS) is 1. The third-order valence-corrected chi connectivity index (χ3v) is 0.375. The second-order valence-corrected chi connectivity index (χ2v) is 0.863. The highest BCUT2D eigenvalue weighted by atomic mass is 16.4. The van der Waals surface area contributed by atoms with E-state index in [2.05, 4.69) is 0 Å². The van der Waals surface area contributed by atoms with Crippen molar-refractivity contribution in [1.29, 1.82) is 10.8 Å². The number of rotatable bonds is 2. The molecule has 0 radical (unpaired) electrons. The summed E-state index contributed by atoms with van der Waals surface area (Å²) in [5.41, 5.74) is -0.694. The highest BCUT2D eigenvalue weighted by Crippen LogP contribution is 1.62. The number of carbonyl (C=O) groups is 1. The molecule has 0 saturated carbocycles. The van der Waals surface area contributed by atoms with Crippen LogP contribution in [-0.4, -0.2) is 23.0 Å². The molecule has 0 aromatic carbocycles. The third-order valence-electron chi connectivity index (χ3n) is 0.375. The molecule has 0 aliphatic heterocycles. The molecule has 0 bridgehead atoms. The van der Waals surface area contributed by atoms with Crippen LogP contribution in [0.5, 0.6) is 0 Å². The Hall–Kier alpha value is -1.19. The molecule has 0 aliphatic rings. The number of carboxylic acids is 1. The number of hydrogen-bond acceptors (Lipinski definition) is 3. The normalized spacial score (nSPS) is 6.44. The van der Waals surface area contributed by atoms with E-state index in [1.54, 1.807) is 0 Å². The van der Waals surface area contributed by atoms with Gasteiger partial charge in [-0.3, -0.25) is 5.41 Å². The first-order valence-corrected chi connectivity index (χ1v) is 2.51. The second kappa shape index (κ2) is 6.81. The first-order valence-electron chi connectivity index (χ1n) is 2.51. The molecule has 0 amide bonds. The van der Waals surface area contributed by atoms with E-state index in [0.717, 1.165) is 0 Å². The van der Waals surface area contributed by atoms with Crippen LogP contribution >= 0.6 is 0 Å². The fourth-order valence-corrected chi connectivity index (χ4v) is 0.0617. The van der Waals surface area contributed by atoms with Crippen molar-refractivity contribution in [2.75, 3.05) is 0 Å². The summed E-state index contributed by atoms with van der Waals surface area (Å²) in [6.07, 6.45) is 0.475. The molecule has 9 heavy (non-hydrogen) atoms. The molecule has 0 fully saturated rings. The molecule has 0 spiro atoms. The third kappa shape index (κ3) is 6.81. The summed E-state index contributed by atoms with van der Waals surface area (Å²) < 4.78 is 0. The van der Waals surface area contributed by atoms with Gasteiger partial charge in [0, 0.05) is 0 Å². The van der Waals surface area contributed by atoms with Crippen molar-refractivity contribution in [3.8, 4) is 0 Å². The molecule has 0 heterocycles. The van der Waals surface area contributed by atoms with Crippen LogP contribution in [0.3, 0.4) is 0 Å². The van der Waals surface area contributed by atoms with Gasteiger partial charge in [0.25, 0.3) is 0 Å². The quantitative estimate of drug-likeness (QED) is 0.482. The van der Waals surface area contributed by atoms with E-state index in [1.165, 1.54) is 0 Å². The fraction of sp³-hybridized carbons (Fsp3) is 0.400. The summed E-state index contributed by atoms with van der Waals surface area (Å²) in [5, 5.41) is 20.4. The highest BCUT2D eigenvalue weighted by molar-refractivity contribution is 6.57. The predicted octanol–water partition coefficient (Wildman–Crippen LogP) is 0.767. The minimum absolute atomic E-state index is 0.475. The van der Waals surface area contributed by atoms with Gasteiger partial charge < -0.3 is 10.5 Å². The van der Waals surface area contributed by atoms with Crippen molar-refractivity contribution >= 4 is 17.9 Å². The Bertz CT molecular complexity index is 120. The second-order valence-electron chi connectivity index (χ2n) is 0.863. The maximum absolute atomic E-state index is 9.55. The van der Waals surface area contributed by atoms with Crippen molar-refractivity contribution < 1.29 is 9.90 Å². The van der Waals surface area contributed by atoms with Crippen molar-refractivity contribution in [3.05, 3.63) is 0 Å². The minimum Gasteiger partial charge on any atom is -0.476 e. The van der Waals surface area contributed by atoms with Crippen molar-refractivity contribution in [1.82, 2.24) is 0 Å². The topological polar surface area (TPSA) is 85.0 Å². The van der Waals surface area contributed by atoms with Crippen LogP contribution in [0.4, 0.5) is 0 Å². The Labute approximate surface area is 53.5 Å². The van der Waals surface area contributed by atoms with Gasteiger partial charge in [0.15, 0.2) is 5.71 Å². The zero-order valence-corrected chi connectivity index (χ0v) is 5.43. The van der Waals surface area contributed by atoms with E-state index in [-0.39, 0.29) is 0 Å². The van der Waals surface area contributed by atoms with Gasteiger partial charge in [0.2, 0.25) is 0 Å². The molecule has 0 unspecified atom stereocenters. The summed E-state index contributed by atoms with van der Waals surface area (Å²) in [7, 11) is 0. The van der Waals surface area contributed by atoms with Crippen LogP contribution in [0, 0.1) is 10.8 Å². The summed E-state index contributed by atoms with van der Waals surface area (Å²) in [6, 6.07) is 0. The fourth-order valence-electron chi connectivity index (χ4n) is 0.0617. The first-order chi connectivity index (χ1) is 4.18. The molecular weight excluding hydrogens is 120 g/mol. The minimum atomic E-state index is -1.37. The van der Waals surface area contributed by atoms with Gasteiger partial charge in [-0.15, -0.1) is 0 Å². The van der Waals surface area contributed by atoms with E-state index in [4.69, 9.17) is 15.9 Å². The number of hydrogen-bond donors (Lipinski definition) is 3. The Morgan fingerprint density at radius 2 is 1.89 bits per heavy atom. The maximum atomic E-state index is 9.55.